The van der Waals surface area contributed by atoms with Crippen molar-refractivity contribution in [2.24, 2.45) is 23.2 Å². The molecule has 0 bridgehead atoms. The van der Waals surface area contributed by atoms with E-state index in [-0.39, 0.29) is 0 Å². The standard InChI is InChI=1S/C14H30/c1-8-11(3)10-12(4)13(5)14(6,7)9-2/h11-13H,8-10H2,1-7H3. The number of hydrogen-bond donors (Lipinski definition) is 0. The van der Waals surface area contributed by atoms with E-state index in [1.807, 2.05) is 0 Å². The van der Waals surface area contributed by atoms with Crippen LogP contribution in [-0.4, -0.2) is 0 Å². The Morgan fingerprint density at radius 3 is 1.86 bits per heavy atom. The van der Waals surface area contributed by atoms with E-state index in [9.17, 15) is 0 Å². The van der Waals surface area contributed by atoms with E-state index < -0.39 is 0 Å². The maximum Gasteiger partial charge on any atom is -0.0329 e. The molecule has 0 saturated carbocycles. The Morgan fingerprint density at radius 1 is 1.00 bits per heavy atom. The SMILES string of the molecule is CCC(C)CC(C)C(C)C(C)(C)CC. The first kappa shape index (κ1) is 14.0. The fraction of sp³-hybridized carbons (Fsp3) is 1.00. The van der Waals surface area contributed by atoms with Gasteiger partial charge in [-0.3, -0.25) is 0 Å². The monoisotopic (exact) mass is 198 g/mol. The lowest BCUT2D eigenvalue weighted by molar-refractivity contribution is 0.141. The summed E-state index contributed by atoms with van der Waals surface area (Å²) in [6.45, 7) is 16.7. The molecule has 0 heterocycles. The van der Waals surface area contributed by atoms with Gasteiger partial charge in [-0.05, 0) is 29.6 Å². The number of rotatable bonds is 6. The van der Waals surface area contributed by atoms with Gasteiger partial charge in [0, 0.05) is 0 Å². The van der Waals surface area contributed by atoms with Crippen LogP contribution in [0.4, 0.5) is 0 Å². The third-order valence-electron chi connectivity index (χ3n) is 4.47. The molecule has 0 nitrogen and oxygen atoms in total. The molecule has 0 aliphatic rings. The first-order chi connectivity index (χ1) is 6.35. The predicted molar refractivity (Wildman–Crippen MR) is 66.5 cm³/mol. The van der Waals surface area contributed by atoms with Crippen molar-refractivity contribution in [2.45, 2.75) is 67.7 Å². The van der Waals surface area contributed by atoms with Crippen LogP contribution < -0.4 is 0 Å². The van der Waals surface area contributed by atoms with Gasteiger partial charge in [-0.15, -0.1) is 0 Å². The van der Waals surface area contributed by atoms with Gasteiger partial charge in [0.05, 0.1) is 0 Å². The molecule has 0 aromatic heterocycles. The van der Waals surface area contributed by atoms with Crippen molar-refractivity contribution in [2.75, 3.05) is 0 Å². The summed E-state index contributed by atoms with van der Waals surface area (Å²) in [5.74, 6) is 2.58. The van der Waals surface area contributed by atoms with E-state index in [2.05, 4.69) is 48.5 Å². The van der Waals surface area contributed by atoms with Gasteiger partial charge in [0.15, 0.2) is 0 Å². The van der Waals surface area contributed by atoms with Crippen molar-refractivity contribution in [1.82, 2.24) is 0 Å². The van der Waals surface area contributed by atoms with Crippen molar-refractivity contribution in [3.63, 3.8) is 0 Å². The molecule has 86 valence electrons. The molecular weight excluding hydrogens is 168 g/mol. The van der Waals surface area contributed by atoms with E-state index in [1.165, 1.54) is 19.3 Å². The number of hydrogen-bond acceptors (Lipinski definition) is 0. The lowest BCUT2D eigenvalue weighted by Crippen LogP contribution is -2.27. The zero-order valence-electron chi connectivity index (χ0n) is 11.4. The van der Waals surface area contributed by atoms with Crippen LogP contribution in [0.25, 0.3) is 0 Å². The molecule has 0 saturated heterocycles. The molecule has 14 heavy (non-hydrogen) atoms. The summed E-state index contributed by atoms with van der Waals surface area (Å²) in [5, 5.41) is 0. The van der Waals surface area contributed by atoms with Crippen LogP contribution >= 0.6 is 0 Å². The van der Waals surface area contributed by atoms with Gasteiger partial charge in [-0.1, -0.05) is 61.3 Å². The maximum atomic E-state index is 2.43. The zero-order valence-corrected chi connectivity index (χ0v) is 11.4. The molecule has 0 rings (SSSR count). The Bertz CT molecular complexity index is 146. The van der Waals surface area contributed by atoms with Gasteiger partial charge in [-0.2, -0.15) is 0 Å². The Morgan fingerprint density at radius 2 is 1.50 bits per heavy atom. The summed E-state index contributed by atoms with van der Waals surface area (Å²) in [4.78, 5) is 0. The molecule has 0 spiro atoms. The summed E-state index contributed by atoms with van der Waals surface area (Å²) in [5.41, 5.74) is 0.507. The molecule has 0 fully saturated rings. The highest BCUT2D eigenvalue weighted by atomic mass is 14.3. The van der Waals surface area contributed by atoms with Crippen LogP contribution in [-0.2, 0) is 0 Å². The normalized spacial score (nSPS) is 19.1. The van der Waals surface area contributed by atoms with E-state index in [1.54, 1.807) is 0 Å². The van der Waals surface area contributed by atoms with Crippen molar-refractivity contribution >= 4 is 0 Å². The second-order valence-electron chi connectivity index (χ2n) is 5.86. The van der Waals surface area contributed by atoms with Gasteiger partial charge < -0.3 is 0 Å². The summed E-state index contributed by atoms with van der Waals surface area (Å²) < 4.78 is 0. The predicted octanol–water partition coefficient (Wildman–Crippen LogP) is 5.13. The van der Waals surface area contributed by atoms with Crippen LogP contribution in [0.1, 0.15) is 67.7 Å². The lowest BCUT2D eigenvalue weighted by atomic mass is 9.70. The van der Waals surface area contributed by atoms with Gasteiger partial charge in [-0.25, -0.2) is 0 Å². The highest BCUT2D eigenvalue weighted by molar-refractivity contribution is 4.78. The fourth-order valence-electron chi connectivity index (χ4n) is 2.10. The second-order valence-corrected chi connectivity index (χ2v) is 5.86. The topological polar surface area (TPSA) is 0 Å². The first-order valence-electron chi connectivity index (χ1n) is 6.35. The maximum absolute atomic E-state index is 2.43. The molecule has 0 aliphatic carbocycles. The van der Waals surface area contributed by atoms with Gasteiger partial charge in [0.1, 0.15) is 0 Å². The van der Waals surface area contributed by atoms with E-state index in [0.29, 0.717) is 5.41 Å². The quantitative estimate of drug-likeness (QED) is 0.555. The first-order valence-corrected chi connectivity index (χ1v) is 6.35. The molecule has 0 N–H and O–H groups in total. The van der Waals surface area contributed by atoms with Crippen molar-refractivity contribution in [3.8, 4) is 0 Å². The molecule has 0 aromatic rings. The molecule has 3 unspecified atom stereocenters. The van der Waals surface area contributed by atoms with E-state index >= 15 is 0 Å². The molecule has 0 heteroatoms. The Hall–Kier alpha value is 0. The van der Waals surface area contributed by atoms with Crippen LogP contribution in [0.3, 0.4) is 0 Å². The molecule has 3 atom stereocenters. The molecular formula is C14H30. The molecule has 0 amide bonds. The average Bonchev–Trinajstić information content (AvgIpc) is 2.16. The minimum Gasteiger partial charge on any atom is -0.0651 e. The third kappa shape index (κ3) is 4.02. The highest BCUT2D eigenvalue weighted by Gasteiger charge is 2.28. The Labute approximate surface area is 91.5 Å². The van der Waals surface area contributed by atoms with Crippen LogP contribution in [0, 0.1) is 23.2 Å². The van der Waals surface area contributed by atoms with E-state index in [4.69, 9.17) is 0 Å². The summed E-state index contributed by atoms with van der Waals surface area (Å²) >= 11 is 0. The summed E-state index contributed by atoms with van der Waals surface area (Å²) in [6, 6.07) is 0. The summed E-state index contributed by atoms with van der Waals surface area (Å²) in [6.07, 6.45) is 4.00. The van der Waals surface area contributed by atoms with Crippen molar-refractivity contribution < 1.29 is 0 Å². The fourth-order valence-corrected chi connectivity index (χ4v) is 2.10. The lowest BCUT2D eigenvalue weighted by Gasteiger charge is -2.36. The van der Waals surface area contributed by atoms with Crippen molar-refractivity contribution in [1.29, 1.82) is 0 Å². The Kier molecular flexibility index (Phi) is 5.78. The Balaban J connectivity index is 4.17. The second kappa shape index (κ2) is 5.78. The third-order valence-corrected chi connectivity index (χ3v) is 4.47. The zero-order chi connectivity index (χ0) is 11.4. The van der Waals surface area contributed by atoms with Crippen molar-refractivity contribution in [3.05, 3.63) is 0 Å². The van der Waals surface area contributed by atoms with Gasteiger partial charge in [0.25, 0.3) is 0 Å². The molecule has 0 aromatic carbocycles. The van der Waals surface area contributed by atoms with Gasteiger partial charge >= 0.3 is 0 Å². The minimum absolute atomic E-state index is 0.507. The largest absolute Gasteiger partial charge is 0.0651 e. The molecule has 0 radical (unpaired) electrons. The van der Waals surface area contributed by atoms with Gasteiger partial charge in [0.2, 0.25) is 0 Å². The van der Waals surface area contributed by atoms with Crippen LogP contribution in [0.2, 0.25) is 0 Å². The smallest absolute Gasteiger partial charge is 0.0329 e. The minimum atomic E-state index is 0.507. The van der Waals surface area contributed by atoms with Crippen LogP contribution in [0.5, 0.6) is 0 Å². The highest BCUT2D eigenvalue weighted by Crippen LogP contribution is 2.37. The van der Waals surface area contributed by atoms with Crippen LogP contribution in [0.15, 0.2) is 0 Å². The van der Waals surface area contributed by atoms with E-state index in [0.717, 1.165) is 17.8 Å². The summed E-state index contributed by atoms with van der Waals surface area (Å²) in [7, 11) is 0. The molecule has 0 aliphatic heterocycles. The average molecular weight is 198 g/mol.